The number of hydrogen-bond donors (Lipinski definition) is 2. The van der Waals surface area contributed by atoms with E-state index in [1.807, 2.05) is 4.90 Å². The number of aliphatic hydroxyl groups is 1. The molecular formula is C22H29F3N6O4S. The monoisotopic (exact) mass is 530 g/mol. The van der Waals surface area contributed by atoms with Gasteiger partial charge in [0.2, 0.25) is 10.0 Å². The smallest absolute Gasteiger partial charge is 0.393 e. The highest BCUT2D eigenvalue weighted by Gasteiger charge is 2.32. The summed E-state index contributed by atoms with van der Waals surface area (Å²) in [6, 6.07) is 4.80. The van der Waals surface area contributed by atoms with Crippen LogP contribution in [0.25, 0.3) is 0 Å². The third-order valence-corrected chi connectivity index (χ3v) is 6.91. The first kappa shape index (κ1) is 26.2. The molecule has 198 valence electrons. The molecule has 0 saturated carbocycles. The topological polar surface area (TPSA) is 111 Å². The number of aromatic nitrogens is 2. The standard InChI is InChI=1S/C22H29F3N6O4S/c1-36(34,35)27-20-6-9-31(26-20)21(33)30-12-10-28(11-13-30)15-16-2-3-17(22(23,24)25)14-19(16)29-7-4-18(32)5-8-29/h2-3,6,9,14,18,32H,4-5,7-8,10-13,15H2,1H3,(H,26,27). The molecule has 2 fully saturated rings. The molecule has 2 aliphatic rings. The maximum absolute atomic E-state index is 13.4. The van der Waals surface area contributed by atoms with Crippen molar-refractivity contribution in [1.29, 1.82) is 0 Å². The molecular weight excluding hydrogens is 501 g/mol. The van der Waals surface area contributed by atoms with Gasteiger partial charge in [-0.05, 0) is 30.5 Å². The van der Waals surface area contributed by atoms with Crippen molar-refractivity contribution >= 4 is 27.6 Å². The molecule has 3 heterocycles. The van der Waals surface area contributed by atoms with E-state index in [1.54, 1.807) is 4.90 Å². The molecule has 0 aliphatic carbocycles. The van der Waals surface area contributed by atoms with E-state index in [0.717, 1.165) is 22.6 Å². The summed E-state index contributed by atoms with van der Waals surface area (Å²) in [5, 5.41) is 13.8. The molecule has 10 nitrogen and oxygen atoms in total. The molecule has 2 aromatic rings. The third kappa shape index (κ3) is 6.48. The highest BCUT2D eigenvalue weighted by atomic mass is 32.2. The summed E-state index contributed by atoms with van der Waals surface area (Å²) in [4.78, 5) is 18.3. The SMILES string of the molecule is CS(=O)(=O)Nc1ccn(C(=O)N2CCN(Cc3ccc(C(F)(F)F)cc3N3CCC(O)CC3)CC2)n1. The van der Waals surface area contributed by atoms with Crippen LogP contribution in [0.1, 0.15) is 24.0 Å². The summed E-state index contributed by atoms with van der Waals surface area (Å²) >= 11 is 0. The summed E-state index contributed by atoms with van der Waals surface area (Å²) in [6.45, 7) is 3.20. The Labute approximate surface area is 207 Å². The lowest BCUT2D eigenvalue weighted by molar-refractivity contribution is -0.137. The van der Waals surface area contributed by atoms with Gasteiger partial charge in [-0.1, -0.05) is 6.07 Å². The number of piperidine rings is 1. The molecule has 2 N–H and O–H groups in total. The van der Waals surface area contributed by atoms with Crippen molar-refractivity contribution in [2.45, 2.75) is 31.7 Å². The van der Waals surface area contributed by atoms with Crippen LogP contribution < -0.4 is 9.62 Å². The number of nitrogens with zero attached hydrogens (tertiary/aromatic N) is 5. The number of anilines is 2. The third-order valence-electron chi connectivity index (χ3n) is 6.33. The van der Waals surface area contributed by atoms with E-state index in [1.165, 1.54) is 24.4 Å². The number of alkyl halides is 3. The second kappa shape index (κ2) is 10.3. The van der Waals surface area contributed by atoms with Gasteiger partial charge in [0.05, 0.1) is 17.9 Å². The number of piperazine rings is 1. The summed E-state index contributed by atoms with van der Waals surface area (Å²) in [5.74, 6) is 0.0459. The van der Waals surface area contributed by atoms with Crippen molar-refractivity contribution in [2.75, 3.05) is 55.1 Å². The minimum Gasteiger partial charge on any atom is -0.393 e. The van der Waals surface area contributed by atoms with Crippen LogP contribution in [0, 0.1) is 0 Å². The van der Waals surface area contributed by atoms with Gasteiger partial charge in [-0.15, -0.1) is 5.10 Å². The number of halogens is 3. The molecule has 2 aliphatic heterocycles. The Kier molecular flexibility index (Phi) is 7.48. The van der Waals surface area contributed by atoms with Crippen molar-refractivity contribution in [3.8, 4) is 0 Å². The Morgan fingerprint density at radius 3 is 2.39 bits per heavy atom. The van der Waals surface area contributed by atoms with E-state index in [0.29, 0.717) is 64.3 Å². The predicted molar refractivity (Wildman–Crippen MR) is 127 cm³/mol. The van der Waals surface area contributed by atoms with Crippen molar-refractivity contribution in [3.05, 3.63) is 41.6 Å². The van der Waals surface area contributed by atoms with Gasteiger partial charge in [-0.2, -0.15) is 17.9 Å². The molecule has 1 aromatic carbocycles. The van der Waals surface area contributed by atoms with Gasteiger partial charge < -0.3 is 14.9 Å². The van der Waals surface area contributed by atoms with Gasteiger partial charge >= 0.3 is 12.2 Å². The van der Waals surface area contributed by atoms with Crippen LogP contribution in [0.3, 0.4) is 0 Å². The number of benzene rings is 1. The summed E-state index contributed by atoms with van der Waals surface area (Å²) in [5.41, 5.74) is 0.590. The van der Waals surface area contributed by atoms with Crippen LogP contribution in [0.4, 0.5) is 29.5 Å². The van der Waals surface area contributed by atoms with Crippen LogP contribution in [0.5, 0.6) is 0 Å². The van der Waals surface area contributed by atoms with E-state index in [9.17, 15) is 31.5 Å². The molecule has 0 bridgehead atoms. The maximum atomic E-state index is 13.4. The van der Waals surface area contributed by atoms with E-state index in [-0.39, 0.29) is 5.82 Å². The number of nitrogens with one attached hydrogen (secondary N) is 1. The van der Waals surface area contributed by atoms with Gasteiger partial charge in [0, 0.05) is 63.8 Å². The molecule has 2 saturated heterocycles. The minimum absolute atomic E-state index is 0.0459. The molecule has 36 heavy (non-hydrogen) atoms. The van der Waals surface area contributed by atoms with Crippen LogP contribution in [-0.4, -0.2) is 90.8 Å². The van der Waals surface area contributed by atoms with Gasteiger partial charge in [0.15, 0.2) is 5.82 Å². The Bertz CT molecular complexity index is 1190. The van der Waals surface area contributed by atoms with Gasteiger partial charge in [-0.25, -0.2) is 13.2 Å². The number of sulfonamides is 1. The number of rotatable bonds is 5. The first-order valence-corrected chi connectivity index (χ1v) is 13.5. The van der Waals surface area contributed by atoms with E-state index >= 15 is 0 Å². The zero-order chi connectivity index (χ0) is 26.1. The first-order valence-electron chi connectivity index (χ1n) is 11.6. The summed E-state index contributed by atoms with van der Waals surface area (Å²) < 4.78 is 66.1. The summed E-state index contributed by atoms with van der Waals surface area (Å²) in [6.07, 6.45) is -1.50. The minimum atomic E-state index is -4.45. The zero-order valence-corrected chi connectivity index (χ0v) is 20.6. The highest BCUT2D eigenvalue weighted by molar-refractivity contribution is 7.92. The molecule has 1 amide bonds. The van der Waals surface area contributed by atoms with E-state index in [2.05, 4.69) is 14.7 Å². The number of aliphatic hydroxyl groups excluding tert-OH is 1. The van der Waals surface area contributed by atoms with Gasteiger partial charge in [0.25, 0.3) is 0 Å². The van der Waals surface area contributed by atoms with E-state index in [4.69, 9.17) is 0 Å². The molecule has 0 spiro atoms. The van der Waals surface area contributed by atoms with Gasteiger partial charge in [0.1, 0.15) is 0 Å². The second-order valence-electron chi connectivity index (χ2n) is 9.13. The molecule has 0 atom stereocenters. The largest absolute Gasteiger partial charge is 0.416 e. The average molecular weight is 531 g/mol. The lowest BCUT2D eigenvalue weighted by Gasteiger charge is -2.37. The molecule has 1 aromatic heterocycles. The number of carbonyl (C=O) groups excluding carboxylic acids is 1. The normalized spacial score (nSPS) is 18.5. The Hall–Kier alpha value is -2.84. The van der Waals surface area contributed by atoms with Crippen molar-refractivity contribution in [2.24, 2.45) is 0 Å². The lowest BCUT2D eigenvalue weighted by Crippen LogP contribution is -2.49. The molecule has 14 heteroatoms. The summed E-state index contributed by atoms with van der Waals surface area (Å²) in [7, 11) is -3.51. The molecule has 0 radical (unpaired) electrons. The van der Waals surface area contributed by atoms with Crippen molar-refractivity contribution in [3.63, 3.8) is 0 Å². The van der Waals surface area contributed by atoms with E-state index < -0.39 is 33.9 Å². The Morgan fingerprint density at radius 1 is 1.11 bits per heavy atom. The van der Waals surface area contributed by atoms with Crippen molar-refractivity contribution in [1.82, 2.24) is 19.6 Å². The Morgan fingerprint density at radius 2 is 1.78 bits per heavy atom. The average Bonchev–Trinajstić information content (AvgIpc) is 3.26. The zero-order valence-electron chi connectivity index (χ0n) is 19.8. The molecule has 0 unspecified atom stereocenters. The fourth-order valence-corrected chi connectivity index (χ4v) is 4.92. The number of hydrogen-bond acceptors (Lipinski definition) is 7. The van der Waals surface area contributed by atoms with Crippen molar-refractivity contribution < 1.29 is 31.5 Å². The fraction of sp³-hybridized carbons (Fsp3) is 0.545. The van der Waals surface area contributed by atoms with Gasteiger partial charge in [-0.3, -0.25) is 9.62 Å². The van der Waals surface area contributed by atoms with Crippen LogP contribution in [0.15, 0.2) is 30.5 Å². The second-order valence-corrected chi connectivity index (χ2v) is 10.9. The quantitative estimate of drug-likeness (QED) is 0.609. The molecule has 4 rings (SSSR count). The number of carbonyl (C=O) groups is 1. The highest BCUT2D eigenvalue weighted by Crippen LogP contribution is 2.35. The van der Waals surface area contributed by atoms with Crippen LogP contribution >= 0.6 is 0 Å². The Balaban J connectivity index is 1.41. The number of amides is 1. The predicted octanol–water partition coefficient (Wildman–Crippen LogP) is 2.02. The fourth-order valence-electron chi connectivity index (χ4n) is 4.43. The van der Waals surface area contributed by atoms with Crippen LogP contribution in [-0.2, 0) is 22.7 Å². The van der Waals surface area contributed by atoms with Crippen LogP contribution in [0.2, 0.25) is 0 Å². The first-order chi connectivity index (χ1) is 16.9. The lowest BCUT2D eigenvalue weighted by atomic mass is 10.0. The maximum Gasteiger partial charge on any atom is 0.416 e.